The second-order valence-corrected chi connectivity index (χ2v) is 9.07. The maximum absolute atomic E-state index is 11.6. The Bertz CT molecular complexity index is 1250. The van der Waals surface area contributed by atoms with E-state index in [1.165, 1.54) is 5.69 Å². The van der Waals surface area contributed by atoms with E-state index in [9.17, 15) is 4.79 Å². The number of nitrogens with one attached hydrogen (secondary N) is 1. The van der Waals surface area contributed by atoms with Gasteiger partial charge in [0.25, 0.3) is 5.91 Å². The Balaban J connectivity index is 1.34. The van der Waals surface area contributed by atoms with Gasteiger partial charge in [0.2, 0.25) is 0 Å². The minimum absolute atomic E-state index is 0.408. The number of benzene rings is 2. The highest BCUT2D eigenvalue weighted by Gasteiger charge is 2.16. The van der Waals surface area contributed by atoms with Gasteiger partial charge in [0.1, 0.15) is 18.1 Å². The number of aromatic nitrogens is 1. The average Bonchev–Trinajstić information content (AvgIpc) is 3.38. The van der Waals surface area contributed by atoms with Gasteiger partial charge in [0.15, 0.2) is 0 Å². The third-order valence-corrected chi connectivity index (χ3v) is 7.08. The highest BCUT2D eigenvalue weighted by molar-refractivity contribution is 7.22. The van der Waals surface area contributed by atoms with Crippen LogP contribution in [0, 0.1) is 0 Å². The van der Waals surface area contributed by atoms with Gasteiger partial charge in [-0.3, -0.25) is 4.79 Å². The van der Waals surface area contributed by atoms with Crippen LogP contribution in [0.2, 0.25) is 0 Å². The number of ether oxygens (including phenoxy) is 1. The number of fused-ring (bicyclic) bond motifs is 1. The Morgan fingerprint density at radius 2 is 1.84 bits per heavy atom. The lowest BCUT2D eigenvalue weighted by Gasteiger charge is -2.29. The maximum Gasteiger partial charge on any atom is 0.265 e. The van der Waals surface area contributed by atoms with Gasteiger partial charge in [-0.2, -0.15) is 0 Å². The molecule has 4 aromatic rings. The minimum atomic E-state index is -0.408. The Hall–Kier alpha value is -3.29. The van der Waals surface area contributed by atoms with Crippen LogP contribution < -0.4 is 20.7 Å². The fourth-order valence-corrected chi connectivity index (χ4v) is 5.39. The summed E-state index contributed by atoms with van der Waals surface area (Å²) in [6.45, 7) is 4.60. The van der Waals surface area contributed by atoms with Gasteiger partial charge in [0, 0.05) is 43.8 Å². The van der Waals surface area contributed by atoms with Crippen LogP contribution in [0.5, 0.6) is 5.75 Å². The summed E-state index contributed by atoms with van der Waals surface area (Å²) in [6, 6.07) is 20.6. The molecule has 1 aliphatic rings. The van der Waals surface area contributed by atoms with Crippen LogP contribution in [-0.4, -0.2) is 36.7 Å². The van der Waals surface area contributed by atoms with E-state index in [1.807, 2.05) is 41.9 Å². The minimum Gasteiger partial charge on any atom is -0.489 e. The molecule has 0 unspecified atom stereocenters. The number of amides is 1. The van der Waals surface area contributed by atoms with E-state index < -0.39 is 5.91 Å². The molecule has 1 saturated heterocycles. The number of hydrogen-bond acceptors (Lipinski definition) is 5. The third kappa shape index (κ3) is 3.97. The van der Waals surface area contributed by atoms with Gasteiger partial charge >= 0.3 is 0 Å². The van der Waals surface area contributed by atoms with E-state index in [1.54, 1.807) is 11.3 Å². The normalized spacial score (nSPS) is 14.1. The first-order valence-corrected chi connectivity index (χ1v) is 11.6. The van der Waals surface area contributed by atoms with Crippen molar-refractivity contribution in [2.24, 2.45) is 12.8 Å². The molecule has 3 N–H and O–H groups in total. The fourth-order valence-electron chi connectivity index (χ4n) is 4.20. The summed E-state index contributed by atoms with van der Waals surface area (Å²) < 4.78 is 9.04. The first-order chi connectivity index (χ1) is 15.6. The monoisotopic (exact) mass is 446 g/mol. The molecule has 0 atom stereocenters. The van der Waals surface area contributed by atoms with Gasteiger partial charge in [-0.1, -0.05) is 24.3 Å². The smallest absolute Gasteiger partial charge is 0.265 e. The van der Waals surface area contributed by atoms with Crippen molar-refractivity contribution in [3.63, 3.8) is 0 Å². The van der Waals surface area contributed by atoms with E-state index in [-0.39, 0.29) is 0 Å². The third-order valence-electron chi connectivity index (χ3n) is 5.98. The van der Waals surface area contributed by atoms with Crippen molar-refractivity contribution in [1.82, 2.24) is 9.88 Å². The number of carbonyl (C=O) groups is 1. The van der Waals surface area contributed by atoms with Crippen molar-refractivity contribution < 1.29 is 9.53 Å². The molecule has 0 bridgehead atoms. The molecule has 32 heavy (non-hydrogen) atoms. The number of rotatable bonds is 6. The molecule has 3 heterocycles. The summed E-state index contributed by atoms with van der Waals surface area (Å²) >= 11 is 1.66. The highest BCUT2D eigenvalue weighted by Crippen LogP contribution is 2.37. The van der Waals surface area contributed by atoms with E-state index in [4.69, 9.17) is 10.5 Å². The van der Waals surface area contributed by atoms with Gasteiger partial charge in [-0.25, -0.2) is 0 Å². The predicted molar refractivity (Wildman–Crippen MR) is 131 cm³/mol. The zero-order valence-corrected chi connectivity index (χ0v) is 18.8. The largest absolute Gasteiger partial charge is 0.489 e. The molecule has 1 fully saturated rings. The van der Waals surface area contributed by atoms with Gasteiger partial charge in [-0.05, 0) is 47.5 Å². The highest BCUT2D eigenvalue weighted by atomic mass is 32.1. The number of aryl methyl sites for hydroxylation is 1. The molecular weight excluding hydrogens is 420 g/mol. The number of primary amides is 1. The van der Waals surface area contributed by atoms with Crippen LogP contribution in [0.15, 0.2) is 60.7 Å². The number of carbonyl (C=O) groups excluding carboxylic acids is 1. The zero-order chi connectivity index (χ0) is 22.1. The van der Waals surface area contributed by atoms with Crippen LogP contribution in [-0.2, 0) is 13.7 Å². The molecular formula is C25H26N4O2S. The molecule has 2 aromatic carbocycles. The Morgan fingerprint density at radius 3 is 2.56 bits per heavy atom. The fraction of sp³-hybridized carbons (Fsp3) is 0.240. The lowest BCUT2D eigenvalue weighted by atomic mass is 10.1. The lowest BCUT2D eigenvalue weighted by molar-refractivity contribution is 0.0993. The summed E-state index contributed by atoms with van der Waals surface area (Å²) in [5.74, 6) is 0.454. The molecule has 164 valence electrons. The van der Waals surface area contributed by atoms with Crippen molar-refractivity contribution in [2.75, 3.05) is 31.1 Å². The number of anilines is 1. The van der Waals surface area contributed by atoms with Crippen LogP contribution in [0.1, 0.15) is 16.1 Å². The number of piperazine rings is 1. The van der Waals surface area contributed by atoms with Crippen molar-refractivity contribution in [1.29, 1.82) is 0 Å². The summed E-state index contributed by atoms with van der Waals surface area (Å²) in [5, 5.41) is 3.38. The van der Waals surface area contributed by atoms with Gasteiger partial charge in [0.05, 0.1) is 10.2 Å². The van der Waals surface area contributed by atoms with Crippen molar-refractivity contribution in [3.05, 3.63) is 71.9 Å². The summed E-state index contributed by atoms with van der Waals surface area (Å²) in [7, 11) is 1.87. The summed E-state index contributed by atoms with van der Waals surface area (Å²) in [6.07, 6.45) is 0. The molecule has 0 radical (unpaired) electrons. The maximum atomic E-state index is 11.6. The predicted octanol–water partition coefficient (Wildman–Crippen LogP) is 3.99. The molecule has 0 saturated carbocycles. The summed E-state index contributed by atoms with van der Waals surface area (Å²) in [4.78, 5) is 15.2. The lowest BCUT2D eigenvalue weighted by Crippen LogP contribution is -2.43. The molecule has 0 spiro atoms. The van der Waals surface area contributed by atoms with E-state index in [2.05, 4.69) is 40.5 Å². The van der Waals surface area contributed by atoms with Crippen LogP contribution in [0.4, 0.5) is 5.69 Å². The van der Waals surface area contributed by atoms with Crippen LogP contribution >= 0.6 is 11.3 Å². The van der Waals surface area contributed by atoms with Crippen molar-refractivity contribution >= 4 is 33.1 Å². The zero-order valence-electron chi connectivity index (χ0n) is 18.0. The molecule has 1 aliphatic heterocycles. The Morgan fingerprint density at radius 1 is 1.09 bits per heavy atom. The van der Waals surface area contributed by atoms with E-state index in [0.717, 1.165) is 58.1 Å². The second kappa shape index (κ2) is 8.68. The standard InChI is InChI=1S/C25H26N4O2S/c1-28-21-14-23(32-24(21)15-22(28)25(26)30)20-5-3-2-4-17(20)16-31-19-8-6-18(7-9-19)29-12-10-27-11-13-29/h2-9,14-15,27H,10-13,16H2,1H3,(H2,26,30). The van der Waals surface area contributed by atoms with Crippen LogP contribution in [0.25, 0.3) is 20.7 Å². The molecule has 0 aliphatic carbocycles. The van der Waals surface area contributed by atoms with Gasteiger partial charge in [-0.15, -0.1) is 11.3 Å². The molecule has 1 amide bonds. The molecule has 7 heteroatoms. The SMILES string of the molecule is Cn1c(C(N)=O)cc2sc(-c3ccccc3COc3ccc(N4CCNCC4)cc3)cc21. The Labute approximate surface area is 191 Å². The van der Waals surface area contributed by atoms with E-state index >= 15 is 0 Å². The number of nitrogens with two attached hydrogens (primary N) is 1. The number of hydrogen-bond donors (Lipinski definition) is 2. The quantitative estimate of drug-likeness (QED) is 0.470. The van der Waals surface area contributed by atoms with Gasteiger partial charge < -0.3 is 25.3 Å². The average molecular weight is 447 g/mol. The topological polar surface area (TPSA) is 72.5 Å². The Kier molecular flexibility index (Phi) is 5.59. The molecule has 5 rings (SSSR count). The molecule has 6 nitrogen and oxygen atoms in total. The second-order valence-electron chi connectivity index (χ2n) is 7.99. The number of thiophene rings is 1. The number of nitrogens with zero attached hydrogens (tertiary/aromatic N) is 2. The molecule has 2 aromatic heterocycles. The van der Waals surface area contributed by atoms with Crippen molar-refractivity contribution in [3.8, 4) is 16.2 Å². The summed E-state index contributed by atoms with van der Waals surface area (Å²) in [5.41, 5.74) is 10.5. The van der Waals surface area contributed by atoms with Crippen molar-refractivity contribution in [2.45, 2.75) is 6.61 Å². The van der Waals surface area contributed by atoms with Crippen LogP contribution in [0.3, 0.4) is 0 Å². The van der Waals surface area contributed by atoms with E-state index in [0.29, 0.717) is 12.3 Å². The first kappa shape index (κ1) is 20.6. The first-order valence-electron chi connectivity index (χ1n) is 10.8.